The number of thiophene rings is 1. The van der Waals surface area contributed by atoms with E-state index in [-0.39, 0.29) is 6.04 Å². The first-order valence-electron chi connectivity index (χ1n) is 5.42. The normalized spacial score (nSPS) is 13.1. The maximum Gasteiger partial charge on any atom is 0.0840 e. The summed E-state index contributed by atoms with van der Waals surface area (Å²) in [5.74, 6) is 0. The predicted octanol–water partition coefficient (Wildman–Crippen LogP) is 4.47. The lowest BCUT2D eigenvalue weighted by Crippen LogP contribution is -2.06. The van der Waals surface area contributed by atoms with Crippen molar-refractivity contribution in [3.05, 3.63) is 51.3 Å². The van der Waals surface area contributed by atoms with Crippen LogP contribution in [0.25, 0.3) is 10.9 Å². The molecule has 0 radical (unpaired) electrons. The fourth-order valence-electron chi connectivity index (χ4n) is 2.00. The monoisotopic (exact) mass is 306 g/mol. The number of benzene rings is 1. The van der Waals surface area contributed by atoms with E-state index in [1.54, 1.807) is 11.3 Å². The molecule has 3 aromatic rings. The third-order valence-electron chi connectivity index (χ3n) is 2.89. The molecule has 0 N–H and O–H groups in total. The van der Waals surface area contributed by atoms with Gasteiger partial charge in [0.1, 0.15) is 0 Å². The summed E-state index contributed by atoms with van der Waals surface area (Å²) in [5, 5.41) is 7.78. The van der Waals surface area contributed by atoms with Crippen LogP contribution in [-0.4, -0.2) is 9.78 Å². The Hall–Kier alpha value is -1.13. The maximum atomic E-state index is 4.51. The minimum Gasteiger partial charge on any atom is -0.256 e. The lowest BCUT2D eigenvalue weighted by atomic mass is 10.2. The van der Waals surface area contributed by atoms with Crippen molar-refractivity contribution in [2.75, 3.05) is 0 Å². The van der Waals surface area contributed by atoms with Crippen LogP contribution in [0.15, 0.2) is 46.4 Å². The molecule has 0 spiro atoms. The number of rotatable bonds is 2. The fourth-order valence-corrected chi connectivity index (χ4v) is 3.33. The smallest absolute Gasteiger partial charge is 0.0840 e. The van der Waals surface area contributed by atoms with E-state index in [0.29, 0.717) is 0 Å². The molecule has 1 unspecified atom stereocenters. The molecular weight excluding hydrogens is 296 g/mol. The second-order valence-electron chi connectivity index (χ2n) is 3.96. The Balaban J connectivity index is 2.18. The van der Waals surface area contributed by atoms with E-state index in [1.807, 2.05) is 12.3 Å². The van der Waals surface area contributed by atoms with Crippen molar-refractivity contribution >= 4 is 38.2 Å². The lowest BCUT2D eigenvalue weighted by molar-refractivity contribution is 0.592. The van der Waals surface area contributed by atoms with Gasteiger partial charge in [0.05, 0.1) is 17.8 Å². The summed E-state index contributed by atoms with van der Waals surface area (Å²) in [4.78, 5) is 1.32. The summed E-state index contributed by atoms with van der Waals surface area (Å²) in [6.07, 6.45) is 1.92. The highest BCUT2D eigenvalue weighted by Gasteiger charge is 2.14. The summed E-state index contributed by atoms with van der Waals surface area (Å²) in [7, 11) is 0. The van der Waals surface area contributed by atoms with Crippen molar-refractivity contribution in [1.82, 2.24) is 9.78 Å². The first kappa shape index (κ1) is 11.0. The quantitative estimate of drug-likeness (QED) is 0.683. The van der Waals surface area contributed by atoms with Crippen LogP contribution in [0.1, 0.15) is 17.8 Å². The average molecular weight is 307 g/mol. The van der Waals surface area contributed by atoms with E-state index in [0.717, 1.165) is 9.99 Å². The van der Waals surface area contributed by atoms with Crippen LogP contribution in [-0.2, 0) is 0 Å². The number of fused-ring (bicyclic) bond motifs is 1. The molecule has 0 amide bonds. The summed E-state index contributed by atoms with van der Waals surface area (Å²) in [6, 6.07) is 10.7. The molecule has 3 rings (SSSR count). The SMILES string of the molecule is CC(c1cccs1)n1ncc2cccc(Br)c21. The Morgan fingerprint density at radius 3 is 2.94 bits per heavy atom. The van der Waals surface area contributed by atoms with Crippen LogP contribution in [0.2, 0.25) is 0 Å². The van der Waals surface area contributed by atoms with Crippen LogP contribution in [0, 0.1) is 0 Å². The Morgan fingerprint density at radius 1 is 1.29 bits per heavy atom. The second-order valence-corrected chi connectivity index (χ2v) is 5.79. The first-order valence-corrected chi connectivity index (χ1v) is 7.10. The van der Waals surface area contributed by atoms with Crippen molar-refractivity contribution < 1.29 is 0 Å². The van der Waals surface area contributed by atoms with Gasteiger partial charge >= 0.3 is 0 Å². The zero-order valence-electron chi connectivity index (χ0n) is 9.30. The van der Waals surface area contributed by atoms with Gasteiger partial charge in [-0.05, 0) is 40.4 Å². The van der Waals surface area contributed by atoms with Gasteiger partial charge in [-0.2, -0.15) is 5.10 Å². The summed E-state index contributed by atoms with van der Waals surface area (Å²) >= 11 is 5.37. The van der Waals surface area contributed by atoms with Crippen LogP contribution in [0.5, 0.6) is 0 Å². The van der Waals surface area contributed by atoms with Gasteiger partial charge in [-0.25, -0.2) is 0 Å². The van der Waals surface area contributed by atoms with Gasteiger partial charge in [0.15, 0.2) is 0 Å². The van der Waals surface area contributed by atoms with E-state index < -0.39 is 0 Å². The Morgan fingerprint density at radius 2 is 2.18 bits per heavy atom. The van der Waals surface area contributed by atoms with Crippen molar-refractivity contribution in [3.63, 3.8) is 0 Å². The summed E-state index contributed by atoms with van der Waals surface area (Å²) in [5.41, 5.74) is 1.16. The largest absolute Gasteiger partial charge is 0.256 e. The number of aromatic nitrogens is 2. The number of nitrogens with zero attached hydrogens (tertiary/aromatic N) is 2. The third kappa shape index (κ3) is 1.81. The van der Waals surface area contributed by atoms with Crippen LogP contribution in [0.3, 0.4) is 0 Å². The molecular formula is C13H11BrN2S. The van der Waals surface area contributed by atoms with Gasteiger partial charge in [0, 0.05) is 14.7 Å². The van der Waals surface area contributed by atoms with Gasteiger partial charge < -0.3 is 0 Å². The molecule has 1 aromatic carbocycles. The van der Waals surface area contributed by atoms with Crippen LogP contribution in [0.4, 0.5) is 0 Å². The zero-order valence-corrected chi connectivity index (χ0v) is 11.7. The van der Waals surface area contributed by atoms with Gasteiger partial charge in [-0.1, -0.05) is 18.2 Å². The molecule has 86 valence electrons. The van der Waals surface area contributed by atoms with Crippen molar-refractivity contribution in [3.8, 4) is 0 Å². The molecule has 17 heavy (non-hydrogen) atoms. The van der Waals surface area contributed by atoms with Crippen molar-refractivity contribution in [1.29, 1.82) is 0 Å². The molecule has 4 heteroatoms. The van der Waals surface area contributed by atoms with Crippen molar-refractivity contribution in [2.24, 2.45) is 0 Å². The molecule has 2 aromatic heterocycles. The van der Waals surface area contributed by atoms with Crippen LogP contribution >= 0.6 is 27.3 Å². The Kier molecular flexibility index (Phi) is 2.76. The number of para-hydroxylation sites is 1. The number of hydrogen-bond donors (Lipinski definition) is 0. The Bertz CT molecular complexity index is 643. The molecule has 0 aliphatic rings. The molecule has 2 heterocycles. The average Bonchev–Trinajstić information content (AvgIpc) is 2.98. The maximum absolute atomic E-state index is 4.51. The predicted molar refractivity (Wildman–Crippen MR) is 75.6 cm³/mol. The van der Waals surface area contributed by atoms with E-state index >= 15 is 0 Å². The highest BCUT2D eigenvalue weighted by molar-refractivity contribution is 9.10. The Labute approximate surface area is 112 Å². The topological polar surface area (TPSA) is 17.8 Å². The van der Waals surface area contributed by atoms with E-state index in [4.69, 9.17) is 0 Å². The van der Waals surface area contributed by atoms with Gasteiger partial charge in [-0.15, -0.1) is 11.3 Å². The third-order valence-corrected chi connectivity index (χ3v) is 4.57. The van der Waals surface area contributed by atoms with Gasteiger partial charge in [0.2, 0.25) is 0 Å². The minimum atomic E-state index is 0.270. The van der Waals surface area contributed by atoms with Gasteiger partial charge in [0.25, 0.3) is 0 Å². The van der Waals surface area contributed by atoms with Gasteiger partial charge in [-0.3, -0.25) is 4.68 Å². The fraction of sp³-hybridized carbons (Fsp3) is 0.154. The summed E-state index contributed by atoms with van der Waals surface area (Å²) in [6.45, 7) is 2.18. The molecule has 1 atom stereocenters. The van der Waals surface area contributed by atoms with Crippen LogP contribution < -0.4 is 0 Å². The lowest BCUT2D eigenvalue weighted by Gasteiger charge is -2.12. The molecule has 0 bridgehead atoms. The highest BCUT2D eigenvalue weighted by Crippen LogP contribution is 2.29. The number of hydrogen-bond acceptors (Lipinski definition) is 2. The number of halogens is 1. The van der Waals surface area contributed by atoms with E-state index in [2.05, 4.69) is 62.3 Å². The molecule has 0 aliphatic carbocycles. The first-order chi connectivity index (χ1) is 8.27. The molecule has 0 saturated heterocycles. The standard InChI is InChI=1S/C13H11BrN2S/c1-9(12-6-3-7-17-12)16-13-10(8-15-16)4-2-5-11(13)14/h2-9H,1H3. The molecule has 0 fully saturated rings. The zero-order chi connectivity index (χ0) is 11.8. The van der Waals surface area contributed by atoms with E-state index in [9.17, 15) is 0 Å². The minimum absolute atomic E-state index is 0.270. The van der Waals surface area contributed by atoms with E-state index in [1.165, 1.54) is 10.3 Å². The second kappa shape index (κ2) is 4.27. The van der Waals surface area contributed by atoms with Crippen molar-refractivity contribution in [2.45, 2.75) is 13.0 Å². The molecule has 2 nitrogen and oxygen atoms in total. The molecule has 0 aliphatic heterocycles. The molecule has 0 saturated carbocycles. The summed E-state index contributed by atoms with van der Waals surface area (Å²) < 4.78 is 3.17. The highest BCUT2D eigenvalue weighted by atomic mass is 79.9.